The number of aromatic nitrogens is 4. The molecule has 1 saturated heterocycles. The predicted octanol–water partition coefficient (Wildman–Crippen LogP) is 2.02. The van der Waals surface area contributed by atoms with Crippen molar-refractivity contribution < 1.29 is 4.74 Å². The molecule has 0 amide bonds. The number of piperazine rings is 1. The van der Waals surface area contributed by atoms with Crippen molar-refractivity contribution in [3.05, 3.63) is 48.5 Å². The molecule has 7 nitrogen and oxygen atoms in total. The molecule has 25 heavy (non-hydrogen) atoms. The van der Waals surface area contributed by atoms with E-state index in [1.165, 1.54) is 5.56 Å². The summed E-state index contributed by atoms with van der Waals surface area (Å²) in [7, 11) is 1.71. The van der Waals surface area contributed by atoms with Gasteiger partial charge >= 0.3 is 0 Å². The van der Waals surface area contributed by atoms with Gasteiger partial charge in [-0.05, 0) is 24.6 Å². The van der Waals surface area contributed by atoms with Gasteiger partial charge in [0.1, 0.15) is 17.9 Å². The Morgan fingerprint density at radius 3 is 2.76 bits per heavy atom. The molecule has 0 aliphatic carbocycles. The lowest BCUT2D eigenvalue weighted by Crippen LogP contribution is -2.47. The first-order valence-electron chi connectivity index (χ1n) is 8.53. The lowest BCUT2D eigenvalue weighted by atomic mass is 10.1. The van der Waals surface area contributed by atoms with Crippen LogP contribution in [0.1, 0.15) is 18.5 Å². The minimum atomic E-state index is 0.362. The van der Waals surface area contributed by atoms with Gasteiger partial charge in [-0.15, -0.1) is 10.2 Å². The standard InChI is InChI=1S/C18H22N6O/c1-14(15-4-3-5-16(10-15)25-2)22-6-8-23(9-7-22)18-12-19-11-17-21-20-13-24(17)18/h3-5,10-14H,6-9H2,1-2H3/t14-/m0/s1. The topological polar surface area (TPSA) is 58.8 Å². The zero-order valence-corrected chi connectivity index (χ0v) is 14.5. The van der Waals surface area contributed by atoms with Gasteiger partial charge in [0.25, 0.3) is 0 Å². The number of methoxy groups -OCH3 is 1. The number of fused-ring (bicyclic) bond motifs is 1. The van der Waals surface area contributed by atoms with E-state index in [1.807, 2.05) is 16.7 Å². The van der Waals surface area contributed by atoms with E-state index < -0.39 is 0 Å². The highest BCUT2D eigenvalue weighted by molar-refractivity contribution is 5.47. The summed E-state index contributed by atoms with van der Waals surface area (Å²) < 4.78 is 7.35. The Bertz CT molecular complexity index is 855. The summed E-state index contributed by atoms with van der Waals surface area (Å²) in [4.78, 5) is 9.14. The molecule has 3 heterocycles. The summed E-state index contributed by atoms with van der Waals surface area (Å²) in [5.41, 5.74) is 2.07. The van der Waals surface area contributed by atoms with Crippen LogP contribution in [0.4, 0.5) is 5.82 Å². The maximum Gasteiger partial charge on any atom is 0.180 e. The minimum absolute atomic E-state index is 0.362. The second-order valence-electron chi connectivity index (χ2n) is 6.30. The van der Waals surface area contributed by atoms with Crippen LogP contribution in [0.2, 0.25) is 0 Å². The zero-order chi connectivity index (χ0) is 17.2. The fourth-order valence-electron chi connectivity index (χ4n) is 3.43. The average molecular weight is 338 g/mol. The van der Waals surface area contributed by atoms with E-state index in [1.54, 1.807) is 19.6 Å². The highest BCUT2D eigenvalue weighted by Gasteiger charge is 2.23. The van der Waals surface area contributed by atoms with Gasteiger partial charge < -0.3 is 9.64 Å². The summed E-state index contributed by atoms with van der Waals surface area (Å²) in [6, 6.07) is 8.70. The number of hydrogen-bond donors (Lipinski definition) is 0. The summed E-state index contributed by atoms with van der Waals surface area (Å²) in [6.07, 6.45) is 5.37. The van der Waals surface area contributed by atoms with Crippen LogP contribution < -0.4 is 9.64 Å². The zero-order valence-electron chi connectivity index (χ0n) is 14.5. The molecular weight excluding hydrogens is 316 g/mol. The molecule has 1 aliphatic rings. The monoisotopic (exact) mass is 338 g/mol. The number of anilines is 1. The van der Waals surface area contributed by atoms with Gasteiger partial charge in [-0.25, -0.2) is 0 Å². The molecule has 130 valence electrons. The lowest BCUT2D eigenvalue weighted by molar-refractivity contribution is 0.198. The molecule has 3 aromatic rings. The van der Waals surface area contributed by atoms with E-state index in [0.717, 1.165) is 43.4 Å². The first-order chi connectivity index (χ1) is 12.3. The maximum atomic E-state index is 5.35. The highest BCUT2D eigenvalue weighted by Crippen LogP contribution is 2.26. The summed E-state index contributed by atoms with van der Waals surface area (Å²) >= 11 is 0. The van der Waals surface area contributed by atoms with Crippen LogP contribution in [0, 0.1) is 0 Å². The number of rotatable bonds is 4. The number of hydrogen-bond acceptors (Lipinski definition) is 6. The van der Waals surface area contributed by atoms with Gasteiger partial charge in [-0.1, -0.05) is 12.1 Å². The first-order valence-corrected chi connectivity index (χ1v) is 8.53. The Morgan fingerprint density at radius 1 is 1.12 bits per heavy atom. The Balaban J connectivity index is 1.47. The maximum absolute atomic E-state index is 5.35. The van der Waals surface area contributed by atoms with Crippen LogP contribution >= 0.6 is 0 Å². The number of ether oxygens (including phenoxy) is 1. The SMILES string of the molecule is COc1cccc([C@H](C)N2CCN(c3cncc4nncn34)CC2)c1. The fraction of sp³-hybridized carbons (Fsp3) is 0.389. The van der Waals surface area contributed by atoms with Crippen LogP contribution in [0.15, 0.2) is 43.0 Å². The number of nitrogens with zero attached hydrogens (tertiary/aromatic N) is 6. The molecule has 0 bridgehead atoms. The van der Waals surface area contributed by atoms with E-state index in [4.69, 9.17) is 4.74 Å². The molecule has 0 radical (unpaired) electrons. The van der Waals surface area contributed by atoms with Gasteiger partial charge in [0.2, 0.25) is 0 Å². The molecule has 1 atom stereocenters. The van der Waals surface area contributed by atoms with E-state index in [2.05, 4.69) is 50.1 Å². The summed E-state index contributed by atoms with van der Waals surface area (Å²) in [5, 5.41) is 8.05. The van der Waals surface area contributed by atoms with E-state index in [-0.39, 0.29) is 0 Å². The van der Waals surface area contributed by atoms with Crippen molar-refractivity contribution in [3.63, 3.8) is 0 Å². The van der Waals surface area contributed by atoms with Gasteiger partial charge in [0.05, 0.1) is 19.5 Å². The van der Waals surface area contributed by atoms with Crippen LogP contribution in [0.25, 0.3) is 5.65 Å². The molecule has 0 unspecified atom stereocenters. The highest BCUT2D eigenvalue weighted by atomic mass is 16.5. The third-order valence-corrected chi connectivity index (χ3v) is 4.96. The minimum Gasteiger partial charge on any atom is -0.497 e. The molecule has 4 rings (SSSR count). The molecule has 7 heteroatoms. The quantitative estimate of drug-likeness (QED) is 0.725. The number of benzene rings is 1. The third kappa shape index (κ3) is 3.02. The second kappa shape index (κ2) is 6.68. The van der Waals surface area contributed by atoms with Crippen molar-refractivity contribution in [1.82, 2.24) is 24.5 Å². The fourth-order valence-corrected chi connectivity index (χ4v) is 3.43. The Morgan fingerprint density at radius 2 is 1.96 bits per heavy atom. The molecule has 0 spiro atoms. The first kappa shape index (κ1) is 15.8. The molecule has 1 aliphatic heterocycles. The largest absolute Gasteiger partial charge is 0.497 e. The van der Waals surface area contributed by atoms with E-state index >= 15 is 0 Å². The van der Waals surface area contributed by atoms with Gasteiger partial charge in [-0.2, -0.15) is 0 Å². The van der Waals surface area contributed by atoms with Crippen LogP contribution in [0.3, 0.4) is 0 Å². The normalized spacial score (nSPS) is 17.0. The van der Waals surface area contributed by atoms with Gasteiger partial charge in [0, 0.05) is 32.2 Å². The second-order valence-corrected chi connectivity index (χ2v) is 6.30. The predicted molar refractivity (Wildman–Crippen MR) is 96.0 cm³/mol. The van der Waals surface area contributed by atoms with Crippen molar-refractivity contribution >= 4 is 11.5 Å². The van der Waals surface area contributed by atoms with E-state index in [0.29, 0.717) is 6.04 Å². The van der Waals surface area contributed by atoms with Gasteiger partial charge in [-0.3, -0.25) is 14.3 Å². The summed E-state index contributed by atoms with van der Waals surface area (Å²) in [5.74, 6) is 1.96. The van der Waals surface area contributed by atoms with Crippen molar-refractivity contribution in [2.45, 2.75) is 13.0 Å². The Hall–Kier alpha value is -2.67. The molecule has 0 saturated carbocycles. The molecule has 1 aromatic carbocycles. The molecule has 1 fully saturated rings. The molecule has 0 N–H and O–H groups in total. The van der Waals surface area contributed by atoms with Gasteiger partial charge in [0.15, 0.2) is 5.65 Å². The average Bonchev–Trinajstić information content (AvgIpc) is 3.16. The van der Waals surface area contributed by atoms with E-state index in [9.17, 15) is 0 Å². The smallest absolute Gasteiger partial charge is 0.180 e. The van der Waals surface area contributed by atoms with Crippen molar-refractivity contribution in [2.75, 3.05) is 38.2 Å². The molecule has 2 aromatic heterocycles. The Kier molecular flexibility index (Phi) is 4.23. The van der Waals surface area contributed by atoms with Crippen LogP contribution in [0.5, 0.6) is 5.75 Å². The molecular formula is C18H22N6O. The third-order valence-electron chi connectivity index (χ3n) is 4.96. The van der Waals surface area contributed by atoms with Crippen molar-refractivity contribution in [1.29, 1.82) is 0 Å². The van der Waals surface area contributed by atoms with Crippen molar-refractivity contribution in [3.8, 4) is 5.75 Å². The summed E-state index contributed by atoms with van der Waals surface area (Å²) in [6.45, 7) is 6.15. The van der Waals surface area contributed by atoms with Crippen molar-refractivity contribution in [2.24, 2.45) is 0 Å². The van der Waals surface area contributed by atoms with Crippen LogP contribution in [-0.4, -0.2) is 57.8 Å². The van der Waals surface area contributed by atoms with Crippen LogP contribution in [-0.2, 0) is 0 Å². The lowest BCUT2D eigenvalue weighted by Gasteiger charge is -2.39. The Labute approximate surface area is 146 Å².